The topological polar surface area (TPSA) is 90.7 Å². The van der Waals surface area contributed by atoms with Crippen LogP contribution in [-0.2, 0) is 0 Å². The minimum absolute atomic E-state index is 0.580. The minimum atomic E-state index is 0.580. The SMILES string of the molecule is c1ccc(-c2nc(-c3cccc(-c4cccc(-c5nc(-c6ccccc6)nc(-c6ccc7oc8ccccc8c7c6)n5)c4)c3)cc(-c3cccc4c3oc3ccccc34)n2)cc1. The fourth-order valence-electron chi connectivity index (χ4n) is 8.31. The Morgan fingerprint density at radius 3 is 1.44 bits per heavy atom. The standard InChI is InChI=1S/C55H33N5O2/c1-3-14-34(15-4-1)52-56-46(33-47(57-52)44-25-13-24-43-41-22-7-10-27-49(41)62-51(43)44)38-20-11-18-36(30-38)37-19-12-21-39(31-37)54-58-53(35-16-5-2-6-17-35)59-55(60-54)40-28-29-50-45(32-40)42-23-8-9-26-48(42)61-50/h1-33H. The van der Waals surface area contributed by atoms with Crippen LogP contribution in [0.25, 0.3) is 123 Å². The van der Waals surface area contributed by atoms with E-state index >= 15 is 0 Å². The lowest BCUT2D eigenvalue weighted by Crippen LogP contribution is -2.00. The number of furan rings is 2. The lowest BCUT2D eigenvalue weighted by Gasteiger charge is -2.12. The van der Waals surface area contributed by atoms with Gasteiger partial charge in [-0.25, -0.2) is 24.9 Å². The van der Waals surface area contributed by atoms with Crippen molar-refractivity contribution in [2.75, 3.05) is 0 Å². The predicted octanol–water partition coefficient (Wildman–Crippen LogP) is 14.1. The Labute approximate surface area is 355 Å². The summed E-state index contributed by atoms with van der Waals surface area (Å²) in [5.41, 5.74) is 12.4. The molecule has 0 fully saturated rings. The molecule has 290 valence electrons. The van der Waals surface area contributed by atoms with E-state index < -0.39 is 0 Å². The Kier molecular flexibility index (Phi) is 8.35. The zero-order chi connectivity index (χ0) is 41.0. The van der Waals surface area contributed by atoms with E-state index in [1.807, 2.05) is 109 Å². The summed E-state index contributed by atoms with van der Waals surface area (Å²) in [6.07, 6.45) is 0. The summed E-state index contributed by atoms with van der Waals surface area (Å²) in [6.45, 7) is 0. The fraction of sp³-hybridized carbons (Fsp3) is 0. The number of para-hydroxylation sites is 3. The van der Waals surface area contributed by atoms with Crippen molar-refractivity contribution in [3.05, 3.63) is 200 Å². The maximum Gasteiger partial charge on any atom is 0.164 e. The Balaban J connectivity index is 0.962. The zero-order valence-electron chi connectivity index (χ0n) is 33.1. The van der Waals surface area contributed by atoms with Gasteiger partial charge in [-0.1, -0.05) is 146 Å². The molecule has 8 aromatic carbocycles. The molecule has 62 heavy (non-hydrogen) atoms. The van der Waals surface area contributed by atoms with Crippen molar-refractivity contribution < 1.29 is 8.83 Å². The molecule has 7 nitrogen and oxygen atoms in total. The van der Waals surface area contributed by atoms with E-state index in [0.717, 1.165) is 99.8 Å². The highest BCUT2D eigenvalue weighted by molar-refractivity contribution is 6.09. The quantitative estimate of drug-likeness (QED) is 0.159. The summed E-state index contributed by atoms with van der Waals surface area (Å²) in [5, 5.41) is 4.19. The molecular formula is C55H33N5O2. The van der Waals surface area contributed by atoms with Crippen LogP contribution < -0.4 is 0 Å². The Bertz CT molecular complexity index is 3650. The molecule has 0 saturated carbocycles. The molecule has 4 heterocycles. The first-order chi connectivity index (χ1) is 30.7. The van der Waals surface area contributed by atoms with Crippen LogP contribution in [0.2, 0.25) is 0 Å². The van der Waals surface area contributed by atoms with E-state index in [1.165, 1.54) is 0 Å². The van der Waals surface area contributed by atoms with Crippen LogP contribution in [0.1, 0.15) is 0 Å². The fourth-order valence-corrected chi connectivity index (χ4v) is 8.31. The minimum Gasteiger partial charge on any atom is -0.456 e. The molecule has 0 aliphatic carbocycles. The van der Waals surface area contributed by atoms with Crippen molar-refractivity contribution in [1.29, 1.82) is 0 Å². The normalized spacial score (nSPS) is 11.5. The third-order valence-corrected chi connectivity index (χ3v) is 11.4. The summed E-state index contributed by atoms with van der Waals surface area (Å²) >= 11 is 0. The summed E-state index contributed by atoms with van der Waals surface area (Å²) in [7, 11) is 0. The van der Waals surface area contributed by atoms with Gasteiger partial charge in [-0.2, -0.15) is 0 Å². The van der Waals surface area contributed by atoms with Crippen LogP contribution in [0.5, 0.6) is 0 Å². The average Bonchev–Trinajstić information content (AvgIpc) is 3.93. The number of hydrogen-bond acceptors (Lipinski definition) is 7. The lowest BCUT2D eigenvalue weighted by atomic mass is 9.98. The van der Waals surface area contributed by atoms with Gasteiger partial charge in [-0.15, -0.1) is 0 Å². The van der Waals surface area contributed by atoms with E-state index in [4.69, 9.17) is 33.8 Å². The van der Waals surface area contributed by atoms with Crippen molar-refractivity contribution in [2.24, 2.45) is 0 Å². The molecule has 0 N–H and O–H groups in total. The first-order valence-corrected chi connectivity index (χ1v) is 20.5. The molecule has 4 aromatic heterocycles. The first kappa shape index (κ1) is 35.4. The van der Waals surface area contributed by atoms with Gasteiger partial charge in [0, 0.05) is 54.9 Å². The first-order valence-electron chi connectivity index (χ1n) is 20.5. The molecule has 0 unspecified atom stereocenters. The van der Waals surface area contributed by atoms with Gasteiger partial charge in [0.25, 0.3) is 0 Å². The molecule has 0 spiro atoms. The van der Waals surface area contributed by atoms with Crippen molar-refractivity contribution in [3.63, 3.8) is 0 Å². The molecule has 0 aliphatic heterocycles. The Morgan fingerprint density at radius 1 is 0.258 bits per heavy atom. The van der Waals surface area contributed by atoms with Gasteiger partial charge in [-0.05, 0) is 65.7 Å². The zero-order valence-corrected chi connectivity index (χ0v) is 33.1. The molecule has 0 bridgehead atoms. The number of rotatable bonds is 7. The van der Waals surface area contributed by atoms with Crippen LogP contribution in [0.3, 0.4) is 0 Å². The van der Waals surface area contributed by atoms with Crippen molar-refractivity contribution >= 4 is 43.9 Å². The molecule has 0 amide bonds. The van der Waals surface area contributed by atoms with Crippen LogP contribution in [0.4, 0.5) is 0 Å². The highest BCUT2D eigenvalue weighted by Crippen LogP contribution is 2.38. The van der Waals surface area contributed by atoms with Gasteiger partial charge in [0.2, 0.25) is 0 Å². The maximum atomic E-state index is 6.47. The molecule has 12 aromatic rings. The van der Waals surface area contributed by atoms with E-state index in [9.17, 15) is 0 Å². The highest BCUT2D eigenvalue weighted by Gasteiger charge is 2.18. The third-order valence-electron chi connectivity index (χ3n) is 11.4. The largest absolute Gasteiger partial charge is 0.456 e. The van der Waals surface area contributed by atoms with Gasteiger partial charge < -0.3 is 8.83 Å². The number of hydrogen-bond donors (Lipinski definition) is 0. The smallest absolute Gasteiger partial charge is 0.164 e. The number of nitrogens with zero attached hydrogens (tertiary/aromatic N) is 5. The molecule has 0 aliphatic rings. The van der Waals surface area contributed by atoms with Gasteiger partial charge >= 0.3 is 0 Å². The highest BCUT2D eigenvalue weighted by atomic mass is 16.3. The van der Waals surface area contributed by atoms with E-state index in [2.05, 4.69) is 91.0 Å². The molecular weight excluding hydrogens is 763 g/mol. The lowest BCUT2D eigenvalue weighted by molar-refractivity contribution is 0.669. The van der Waals surface area contributed by atoms with E-state index in [0.29, 0.717) is 23.3 Å². The summed E-state index contributed by atoms with van der Waals surface area (Å²) in [5.74, 6) is 2.40. The van der Waals surface area contributed by atoms with Crippen LogP contribution >= 0.6 is 0 Å². The van der Waals surface area contributed by atoms with Crippen LogP contribution in [0.15, 0.2) is 209 Å². The Hall–Kier alpha value is -8.55. The van der Waals surface area contributed by atoms with Gasteiger partial charge in [-0.3, -0.25) is 0 Å². The Morgan fingerprint density at radius 2 is 0.726 bits per heavy atom. The van der Waals surface area contributed by atoms with Crippen molar-refractivity contribution in [2.45, 2.75) is 0 Å². The van der Waals surface area contributed by atoms with Gasteiger partial charge in [0.05, 0.1) is 11.4 Å². The second-order valence-corrected chi connectivity index (χ2v) is 15.3. The average molecular weight is 796 g/mol. The second-order valence-electron chi connectivity index (χ2n) is 15.3. The summed E-state index contributed by atoms with van der Waals surface area (Å²) < 4.78 is 12.6. The number of aromatic nitrogens is 5. The number of benzene rings is 8. The van der Waals surface area contributed by atoms with Crippen molar-refractivity contribution in [1.82, 2.24) is 24.9 Å². The van der Waals surface area contributed by atoms with Gasteiger partial charge in [0.1, 0.15) is 22.3 Å². The van der Waals surface area contributed by atoms with E-state index in [1.54, 1.807) is 0 Å². The second kappa shape index (κ2) is 14.6. The van der Waals surface area contributed by atoms with E-state index in [-0.39, 0.29) is 0 Å². The third kappa shape index (κ3) is 6.28. The summed E-state index contributed by atoms with van der Waals surface area (Å²) in [4.78, 5) is 25.5. The molecule has 7 heteroatoms. The number of fused-ring (bicyclic) bond motifs is 6. The van der Waals surface area contributed by atoms with Crippen LogP contribution in [0, 0.1) is 0 Å². The van der Waals surface area contributed by atoms with Gasteiger partial charge in [0.15, 0.2) is 23.3 Å². The molecule has 12 rings (SSSR count). The maximum absolute atomic E-state index is 6.47. The molecule has 0 saturated heterocycles. The molecule has 0 atom stereocenters. The predicted molar refractivity (Wildman–Crippen MR) is 248 cm³/mol. The summed E-state index contributed by atoms with van der Waals surface area (Å²) in [6, 6.07) is 67.6. The molecule has 0 radical (unpaired) electrons. The van der Waals surface area contributed by atoms with Crippen LogP contribution in [-0.4, -0.2) is 24.9 Å². The monoisotopic (exact) mass is 795 g/mol. The van der Waals surface area contributed by atoms with Crippen molar-refractivity contribution in [3.8, 4) is 79.2 Å².